The summed E-state index contributed by atoms with van der Waals surface area (Å²) >= 11 is 0. The maximum Gasteiger partial charge on any atom is -0.0161 e. The number of rotatable bonds is 2. The van der Waals surface area contributed by atoms with Gasteiger partial charge in [-0.3, -0.25) is 0 Å². The monoisotopic (exact) mass is 188 g/mol. The molecule has 0 atom stereocenters. The second-order valence-corrected chi connectivity index (χ2v) is 2.99. The first kappa shape index (κ1) is 12.7. The summed E-state index contributed by atoms with van der Waals surface area (Å²) in [5.74, 6) is 0. The van der Waals surface area contributed by atoms with E-state index in [0.29, 0.717) is 0 Å². The van der Waals surface area contributed by atoms with Crippen LogP contribution in [0, 0.1) is 13.8 Å². The van der Waals surface area contributed by atoms with Crippen LogP contribution in [0.25, 0.3) is 12.2 Å². The number of aryl methyl sites for hydroxylation is 2. The molecular formula is C14H20. The molecule has 0 aliphatic heterocycles. The van der Waals surface area contributed by atoms with Crippen LogP contribution >= 0.6 is 0 Å². The molecule has 0 aromatic heterocycles. The molecule has 0 radical (unpaired) electrons. The zero-order chi connectivity index (χ0) is 11.1. The molecule has 14 heavy (non-hydrogen) atoms. The lowest BCUT2D eigenvalue weighted by Crippen LogP contribution is -1.87. The van der Waals surface area contributed by atoms with Crippen LogP contribution < -0.4 is 0 Å². The molecule has 0 saturated heterocycles. The van der Waals surface area contributed by atoms with E-state index in [2.05, 4.69) is 39.1 Å². The van der Waals surface area contributed by atoms with E-state index in [1.807, 2.05) is 26.0 Å². The van der Waals surface area contributed by atoms with Crippen molar-refractivity contribution in [3.63, 3.8) is 0 Å². The Labute approximate surface area is 88.0 Å². The third kappa shape index (κ3) is 2.88. The van der Waals surface area contributed by atoms with Gasteiger partial charge in [0.15, 0.2) is 0 Å². The first-order valence-corrected chi connectivity index (χ1v) is 5.05. The summed E-state index contributed by atoms with van der Waals surface area (Å²) in [7, 11) is 0. The molecule has 0 nitrogen and oxygen atoms in total. The number of benzene rings is 1. The van der Waals surface area contributed by atoms with Gasteiger partial charge in [-0.15, -0.1) is 0 Å². The van der Waals surface area contributed by atoms with E-state index < -0.39 is 0 Å². The molecule has 1 aromatic rings. The standard InChI is InChI=1S/C12H14.C2H6/c1-5-11-8-9(3)7-10(4)12(11)6-2;1-2/h5-8H,1-2H2,3-4H3;1-2H3. The third-order valence-corrected chi connectivity index (χ3v) is 1.99. The highest BCUT2D eigenvalue weighted by molar-refractivity contribution is 5.66. The first-order chi connectivity index (χ1) is 6.69. The lowest BCUT2D eigenvalue weighted by Gasteiger charge is -2.06. The lowest BCUT2D eigenvalue weighted by atomic mass is 9.99. The molecule has 0 spiro atoms. The van der Waals surface area contributed by atoms with Crippen LogP contribution in [0.3, 0.4) is 0 Å². The van der Waals surface area contributed by atoms with Gasteiger partial charge in [0.2, 0.25) is 0 Å². The van der Waals surface area contributed by atoms with Crippen molar-refractivity contribution in [2.75, 3.05) is 0 Å². The van der Waals surface area contributed by atoms with Crippen LogP contribution in [0.1, 0.15) is 36.1 Å². The van der Waals surface area contributed by atoms with Crippen molar-refractivity contribution in [3.05, 3.63) is 47.5 Å². The SMILES string of the molecule is C=Cc1cc(C)cc(C)c1C=C.CC. The van der Waals surface area contributed by atoms with E-state index >= 15 is 0 Å². The minimum absolute atomic E-state index is 1.17. The van der Waals surface area contributed by atoms with Gasteiger partial charge in [-0.05, 0) is 30.5 Å². The summed E-state index contributed by atoms with van der Waals surface area (Å²) in [6, 6.07) is 4.28. The van der Waals surface area contributed by atoms with Gasteiger partial charge in [0, 0.05) is 0 Å². The maximum absolute atomic E-state index is 3.78. The highest BCUT2D eigenvalue weighted by Crippen LogP contribution is 2.18. The first-order valence-electron chi connectivity index (χ1n) is 5.05. The molecule has 1 aromatic carbocycles. The smallest absolute Gasteiger partial charge is 0.0161 e. The van der Waals surface area contributed by atoms with Gasteiger partial charge in [-0.1, -0.05) is 56.9 Å². The van der Waals surface area contributed by atoms with Crippen LogP contribution in [0.4, 0.5) is 0 Å². The van der Waals surface area contributed by atoms with Gasteiger partial charge < -0.3 is 0 Å². The molecule has 76 valence electrons. The molecule has 0 aliphatic rings. The Bertz CT molecular complexity index is 319. The van der Waals surface area contributed by atoms with Crippen molar-refractivity contribution in [1.82, 2.24) is 0 Å². The van der Waals surface area contributed by atoms with Crippen molar-refractivity contribution in [1.29, 1.82) is 0 Å². The summed E-state index contributed by atoms with van der Waals surface area (Å²) in [5, 5.41) is 0. The Kier molecular flexibility index (Phi) is 5.62. The van der Waals surface area contributed by atoms with Gasteiger partial charge in [0.05, 0.1) is 0 Å². The summed E-state index contributed by atoms with van der Waals surface area (Å²) < 4.78 is 0. The second-order valence-electron chi connectivity index (χ2n) is 2.99. The normalized spacial score (nSPS) is 8.57. The molecule has 0 bridgehead atoms. The Hall–Kier alpha value is -1.30. The fourth-order valence-corrected chi connectivity index (χ4v) is 1.46. The van der Waals surface area contributed by atoms with Gasteiger partial charge in [-0.2, -0.15) is 0 Å². The van der Waals surface area contributed by atoms with Gasteiger partial charge in [0.25, 0.3) is 0 Å². The highest BCUT2D eigenvalue weighted by Gasteiger charge is 1.99. The second kappa shape index (κ2) is 6.20. The fraction of sp³-hybridized carbons (Fsp3) is 0.286. The Balaban J connectivity index is 0.000000791. The van der Waals surface area contributed by atoms with E-state index in [1.165, 1.54) is 22.3 Å². The number of hydrogen-bond acceptors (Lipinski definition) is 0. The van der Waals surface area contributed by atoms with Crippen LogP contribution in [-0.4, -0.2) is 0 Å². The van der Waals surface area contributed by atoms with Crippen molar-refractivity contribution >= 4 is 12.2 Å². The third-order valence-electron chi connectivity index (χ3n) is 1.99. The summed E-state index contributed by atoms with van der Waals surface area (Å²) in [6.45, 7) is 15.7. The van der Waals surface area contributed by atoms with Crippen molar-refractivity contribution in [2.45, 2.75) is 27.7 Å². The molecular weight excluding hydrogens is 168 g/mol. The topological polar surface area (TPSA) is 0 Å². The average molecular weight is 188 g/mol. The predicted octanol–water partition coefficient (Wildman–Crippen LogP) is 4.62. The zero-order valence-electron chi connectivity index (χ0n) is 9.72. The molecule has 1 rings (SSSR count). The van der Waals surface area contributed by atoms with Crippen LogP contribution in [0.2, 0.25) is 0 Å². The average Bonchev–Trinajstić information content (AvgIpc) is 2.19. The van der Waals surface area contributed by atoms with E-state index in [0.717, 1.165) is 0 Å². The number of hydrogen-bond donors (Lipinski definition) is 0. The van der Waals surface area contributed by atoms with Gasteiger partial charge in [-0.25, -0.2) is 0 Å². The van der Waals surface area contributed by atoms with Crippen molar-refractivity contribution in [3.8, 4) is 0 Å². The van der Waals surface area contributed by atoms with Gasteiger partial charge >= 0.3 is 0 Å². The fourth-order valence-electron chi connectivity index (χ4n) is 1.46. The molecule has 0 heterocycles. The molecule has 0 fully saturated rings. The maximum atomic E-state index is 3.78. The largest absolute Gasteiger partial charge is 0.0984 e. The summed E-state index contributed by atoms with van der Waals surface area (Å²) in [4.78, 5) is 0. The summed E-state index contributed by atoms with van der Waals surface area (Å²) in [5.41, 5.74) is 4.89. The zero-order valence-corrected chi connectivity index (χ0v) is 9.72. The molecule has 0 heteroatoms. The molecule has 0 amide bonds. The van der Waals surface area contributed by atoms with E-state index in [1.54, 1.807) is 0 Å². The lowest BCUT2D eigenvalue weighted by molar-refractivity contribution is 1.36. The summed E-state index contributed by atoms with van der Waals surface area (Å²) in [6.07, 6.45) is 3.75. The van der Waals surface area contributed by atoms with E-state index in [4.69, 9.17) is 0 Å². The Morgan fingerprint density at radius 1 is 1.00 bits per heavy atom. The highest BCUT2D eigenvalue weighted by atomic mass is 14.0. The van der Waals surface area contributed by atoms with E-state index in [9.17, 15) is 0 Å². The van der Waals surface area contributed by atoms with Crippen LogP contribution in [-0.2, 0) is 0 Å². The Morgan fingerprint density at radius 2 is 1.57 bits per heavy atom. The van der Waals surface area contributed by atoms with Crippen LogP contribution in [0.5, 0.6) is 0 Å². The van der Waals surface area contributed by atoms with E-state index in [-0.39, 0.29) is 0 Å². The molecule has 0 aliphatic carbocycles. The van der Waals surface area contributed by atoms with Crippen molar-refractivity contribution in [2.24, 2.45) is 0 Å². The molecule has 0 N–H and O–H groups in total. The Morgan fingerprint density at radius 3 is 2.00 bits per heavy atom. The van der Waals surface area contributed by atoms with Crippen LogP contribution in [0.15, 0.2) is 25.3 Å². The molecule has 0 saturated carbocycles. The quantitative estimate of drug-likeness (QED) is 0.635. The molecule has 0 unspecified atom stereocenters. The van der Waals surface area contributed by atoms with Gasteiger partial charge in [0.1, 0.15) is 0 Å². The minimum Gasteiger partial charge on any atom is -0.0984 e. The predicted molar refractivity (Wildman–Crippen MR) is 67.4 cm³/mol. The van der Waals surface area contributed by atoms with Crippen molar-refractivity contribution < 1.29 is 0 Å². The minimum atomic E-state index is 1.17.